The summed E-state index contributed by atoms with van der Waals surface area (Å²) in [6, 6.07) is 3.76. The summed E-state index contributed by atoms with van der Waals surface area (Å²) in [6.07, 6.45) is 6.76. The van der Waals surface area contributed by atoms with Gasteiger partial charge in [-0.2, -0.15) is 4.99 Å². The van der Waals surface area contributed by atoms with E-state index in [9.17, 15) is 9.59 Å². The van der Waals surface area contributed by atoms with Gasteiger partial charge < -0.3 is 18.8 Å². The molecule has 4 aliphatic carbocycles. The number of hydrogen-bond donors (Lipinski definition) is 0. The van der Waals surface area contributed by atoms with Gasteiger partial charge >= 0.3 is 5.97 Å². The van der Waals surface area contributed by atoms with Crippen molar-refractivity contribution in [1.82, 2.24) is 4.57 Å². The highest BCUT2D eigenvalue weighted by Gasteiger charge is 2.54. The fourth-order valence-corrected chi connectivity index (χ4v) is 7.65. The molecule has 0 spiro atoms. The zero-order chi connectivity index (χ0) is 21.2. The fraction of sp³-hybridized carbons (Fsp3) is 0.609. The number of carbonyl (C=O) groups is 2. The van der Waals surface area contributed by atoms with Gasteiger partial charge in [0, 0.05) is 12.1 Å². The Bertz CT molecular complexity index is 1110. The lowest BCUT2D eigenvalue weighted by atomic mass is 9.49. The Morgan fingerprint density at radius 1 is 1.13 bits per heavy atom. The monoisotopic (exact) mass is 442 g/mol. The first-order valence-corrected chi connectivity index (χ1v) is 12.0. The van der Waals surface area contributed by atoms with E-state index in [2.05, 4.69) is 4.99 Å². The minimum atomic E-state index is -0.344. The number of rotatable bonds is 4. The lowest BCUT2D eigenvalue weighted by Crippen LogP contribution is -2.50. The summed E-state index contributed by atoms with van der Waals surface area (Å²) in [7, 11) is 0. The zero-order valence-electron chi connectivity index (χ0n) is 17.6. The Morgan fingerprint density at radius 2 is 1.77 bits per heavy atom. The van der Waals surface area contributed by atoms with Gasteiger partial charge in [0.25, 0.3) is 5.91 Å². The SMILES string of the molecule is CCOC(=O)Cn1c(=NC(=O)C23CC4CC(CC(C4)C2)C3)sc2cc3c(cc21)OCO3. The van der Waals surface area contributed by atoms with Crippen LogP contribution in [-0.2, 0) is 20.9 Å². The average molecular weight is 443 g/mol. The van der Waals surface area contributed by atoms with Crippen LogP contribution in [0, 0.1) is 23.2 Å². The highest BCUT2D eigenvalue weighted by Crippen LogP contribution is 2.60. The quantitative estimate of drug-likeness (QED) is 0.676. The lowest BCUT2D eigenvalue weighted by molar-refractivity contribution is -0.144. The van der Waals surface area contributed by atoms with Gasteiger partial charge in [-0.3, -0.25) is 9.59 Å². The molecule has 31 heavy (non-hydrogen) atoms. The summed E-state index contributed by atoms with van der Waals surface area (Å²) in [4.78, 5) is 31.1. The maximum atomic E-state index is 13.6. The lowest BCUT2D eigenvalue weighted by Gasteiger charge is -2.55. The molecule has 0 atom stereocenters. The Kier molecular flexibility index (Phi) is 4.42. The molecule has 1 aromatic carbocycles. The fourth-order valence-electron chi connectivity index (χ4n) is 6.61. The first kappa shape index (κ1) is 19.3. The van der Waals surface area contributed by atoms with E-state index in [1.54, 1.807) is 11.5 Å². The van der Waals surface area contributed by atoms with Crippen LogP contribution in [-0.4, -0.2) is 29.8 Å². The number of fused-ring (bicyclic) bond motifs is 2. The van der Waals surface area contributed by atoms with Crippen LogP contribution in [0.25, 0.3) is 10.2 Å². The molecular formula is C23H26N2O5S. The molecule has 0 saturated heterocycles. The predicted molar refractivity (Wildman–Crippen MR) is 114 cm³/mol. The molecule has 7 rings (SSSR count). The minimum absolute atomic E-state index is 0.00388. The normalized spacial score (nSPS) is 30.9. The topological polar surface area (TPSA) is 79.1 Å². The van der Waals surface area contributed by atoms with Crippen LogP contribution < -0.4 is 14.3 Å². The van der Waals surface area contributed by atoms with Gasteiger partial charge in [-0.25, -0.2) is 0 Å². The molecule has 4 bridgehead atoms. The molecule has 0 radical (unpaired) electrons. The number of benzene rings is 1. The molecule has 0 N–H and O–H groups in total. The van der Waals surface area contributed by atoms with Crippen molar-refractivity contribution in [3.05, 3.63) is 16.9 Å². The largest absolute Gasteiger partial charge is 0.465 e. The van der Waals surface area contributed by atoms with Crippen molar-refractivity contribution in [3.8, 4) is 11.5 Å². The van der Waals surface area contributed by atoms with Crippen molar-refractivity contribution >= 4 is 33.4 Å². The summed E-state index contributed by atoms with van der Waals surface area (Å²) < 4.78 is 18.9. The number of thiazole rings is 1. The van der Waals surface area contributed by atoms with Crippen LogP contribution in [0.4, 0.5) is 0 Å². The van der Waals surface area contributed by atoms with Gasteiger partial charge in [0.15, 0.2) is 16.3 Å². The molecule has 164 valence electrons. The Labute approximate surface area is 184 Å². The van der Waals surface area contributed by atoms with Crippen LogP contribution in [0.3, 0.4) is 0 Å². The Balaban J connectivity index is 1.43. The van der Waals surface area contributed by atoms with Crippen molar-refractivity contribution in [2.24, 2.45) is 28.2 Å². The van der Waals surface area contributed by atoms with E-state index >= 15 is 0 Å². The van der Waals surface area contributed by atoms with Crippen molar-refractivity contribution in [2.45, 2.75) is 52.0 Å². The summed E-state index contributed by atoms with van der Waals surface area (Å²) in [5.74, 6) is 3.00. The molecule has 0 unspecified atom stereocenters. The van der Waals surface area contributed by atoms with E-state index in [-0.39, 0.29) is 30.6 Å². The van der Waals surface area contributed by atoms with Crippen LogP contribution >= 0.6 is 11.3 Å². The van der Waals surface area contributed by atoms with Gasteiger partial charge in [0.2, 0.25) is 6.79 Å². The average Bonchev–Trinajstić information content (AvgIpc) is 3.29. The van der Waals surface area contributed by atoms with Crippen LogP contribution in [0.1, 0.15) is 45.4 Å². The molecule has 1 aromatic heterocycles. The number of ether oxygens (including phenoxy) is 3. The van der Waals surface area contributed by atoms with Crippen molar-refractivity contribution < 1.29 is 23.8 Å². The summed E-state index contributed by atoms with van der Waals surface area (Å²) in [5.41, 5.74) is 0.500. The van der Waals surface area contributed by atoms with Gasteiger partial charge in [-0.15, -0.1) is 0 Å². The third-order valence-electron chi connectivity index (χ3n) is 7.46. The van der Waals surface area contributed by atoms with E-state index < -0.39 is 0 Å². The Hall–Kier alpha value is -2.35. The molecule has 8 heteroatoms. The number of nitrogens with zero attached hydrogens (tertiary/aromatic N) is 2. The first-order valence-electron chi connectivity index (χ1n) is 11.2. The summed E-state index contributed by atoms with van der Waals surface area (Å²) in [6.45, 7) is 2.30. The van der Waals surface area contributed by atoms with Crippen molar-refractivity contribution in [3.63, 3.8) is 0 Å². The molecule has 2 heterocycles. The van der Waals surface area contributed by atoms with E-state index in [0.29, 0.717) is 40.7 Å². The third kappa shape index (κ3) is 3.18. The van der Waals surface area contributed by atoms with E-state index in [1.807, 2.05) is 12.1 Å². The van der Waals surface area contributed by atoms with E-state index in [1.165, 1.54) is 30.6 Å². The second-order valence-electron chi connectivity index (χ2n) is 9.56. The smallest absolute Gasteiger partial charge is 0.326 e. The van der Waals surface area contributed by atoms with Crippen molar-refractivity contribution in [1.29, 1.82) is 0 Å². The maximum Gasteiger partial charge on any atom is 0.326 e. The van der Waals surface area contributed by atoms with Gasteiger partial charge in [-0.05, 0) is 63.2 Å². The summed E-state index contributed by atoms with van der Waals surface area (Å²) in [5, 5.41) is 0. The third-order valence-corrected chi connectivity index (χ3v) is 8.50. The second-order valence-corrected chi connectivity index (χ2v) is 10.6. The number of esters is 1. The highest BCUT2D eigenvalue weighted by molar-refractivity contribution is 7.16. The Morgan fingerprint density at radius 3 is 2.42 bits per heavy atom. The van der Waals surface area contributed by atoms with Crippen LogP contribution in [0.15, 0.2) is 17.1 Å². The minimum Gasteiger partial charge on any atom is -0.465 e. The molecule has 1 amide bonds. The number of aromatic nitrogens is 1. The van der Waals surface area contributed by atoms with Crippen LogP contribution in [0.2, 0.25) is 0 Å². The summed E-state index contributed by atoms with van der Waals surface area (Å²) >= 11 is 1.41. The first-order chi connectivity index (χ1) is 15.0. The predicted octanol–water partition coefficient (Wildman–Crippen LogP) is 3.64. The maximum absolute atomic E-state index is 13.6. The molecule has 1 aliphatic heterocycles. The van der Waals surface area contributed by atoms with Crippen molar-refractivity contribution in [2.75, 3.05) is 13.4 Å². The number of carbonyl (C=O) groups excluding carboxylic acids is 2. The van der Waals surface area contributed by atoms with Crippen LogP contribution in [0.5, 0.6) is 11.5 Å². The van der Waals surface area contributed by atoms with Gasteiger partial charge in [0.1, 0.15) is 6.54 Å². The second kappa shape index (κ2) is 7.08. The van der Waals surface area contributed by atoms with Gasteiger partial charge in [-0.1, -0.05) is 11.3 Å². The molecular weight excluding hydrogens is 416 g/mol. The molecule has 5 aliphatic rings. The zero-order valence-corrected chi connectivity index (χ0v) is 18.4. The van der Waals surface area contributed by atoms with E-state index in [0.717, 1.165) is 29.5 Å². The molecule has 2 aromatic rings. The van der Waals surface area contributed by atoms with E-state index in [4.69, 9.17) is 14.2 Å². The molecule has 7 nitrogen and oxygen atoms in total. The molecule has 4 fully saturated rings. The standard InChI is InChI=1S/C23H26N2O5S/c1-2-28-20(26)11-25-16-6-17-18(30-12-29-17)7-19(16)31-22(25)24-21(27)23-8-13-3-14(9-23)5-15(4-13)10-23/h6-7,13-15H,2-5,8-12H2,1H3. The highest BCUT2D eigenvalue weighted by atomic mass is 32.1. The van der Waals surface area contributed by atoms with Gasteiger partial charge in [0.05, 0.1) is 22.2 Å². The molecule has 4 saturated carbocycles. The number of hydrogen-bond acceptors (Lipinski definition) is 6. The number of amides is 1.